The largest absolute Gasteiger partial charge is 0.327 e. The van der Waals surface area contributed by atoms with Crippen LogP contribution in [0.4, 0.5) is 16.6 Å². The van der Waals surface area contributed by atoms with Gasteiger partial charge in [-0.3, -0.25) is 10.6 Å². The monoisotopic (exact) mass is 270 g/mol. The highest BCUT2D eigenvalue weighted by atomic mass is 16.2. The van der Waals surface area contributed by atoms with E-state index in [1.54, 1.807) is 0 Å². The molecule has 2 amide bonds. The van der Waals surface area contributed by atoms with Crippen LogP contribution in [-0.2, 0) is 0 Å². The highest BCUT2D eigenvalue weighted by Gasteiger charge is 2.08. The highest BCUT2D eigenvalue weighted by molar-refractivity contribution is 5.97. The number of carbonyl (C=O) groups excluding carboxylic acids is 1. The van der Waals surface area contributed by atoms with Crippen LogP contribution in [0.15, 0.2) is 42.9 Å². The van der Waals surface area contributed by atoms with Crippen LogP contribution in [0.1, 0.15) is 0 Å². The lowest BCUT2D eigenvalue weighted by molar-refractivity contribution is 0.262. The molecule has 3 rings (SSSR count). The Morgan fingerprint density at radius 1 is 1.20 bits per heavy atom. The summed E-state index contributed by atoms with van der Waals surface area (Å²) >= 11 is 0. The molecule has 20 heavy (non-hydrogen) atoms. The minimum Gasteiger partial charge on any atom is -0.289 e. The number of para-hydroxylation sites is 1. The Labute approximate surface area is 113 Å². The second kappa shape index (κ2) is 5.18. The number of carbonyl (C=O) groups is 1. The van der Waals surface area contributed by atoms with Gasteiger partial charge in [-0.25, -0.2) is 9.89 Å². The Bertz CT molecular complexity index is 690. The van der Waals surface area contributed by atoms with E-state index in [-0.39, 0.29) is 5.95 Å². The molecule has 0 aliphatic carbocycles. The first kappa shape index (κ1) is 11.8. The number of aromatic nitrogens is 6. The lowest BCUT2D eigenvalue weighted by Crippen LogP contribution is -2.20. The first-order valence-corrected chi connectivity index (χ1v) is 5.72. The molecule has 2 aromatic heterocycles. The number of rotatable bonds is 3. The molecule has 0 fully saturated rings. The third kappa shape index (κ3) is 2.61. The van der Waals surface area contributed by atoms with E-state index in [1.807, 2.05) is 30.3 Å². The van der Waals surface area contributed by atoms with Crippen molar-refractivity contribution in [1.82, 2.24) is 30.2 Å². The van der Waals surface area contributed by atoms with Crippen molar-refractivity contribution in [2.45, 2.75) is 0 Å². The molecule has 0 aliphatic rings. The SMILES string of the molecule is O=C(Nc1cnn(-c2ccccc2)n1)Nc1ncn[nH]1. The maximum atomic E-state index is 11.6. The fourth-order valence-electron chi connectivity index (χ4n) is 1.53. The number of nitrogens with zero attached hydrogens (tertiary/aromatic N) is 5. The highest BCUT2D eigenvalue weighted by Crippen LogP contribution is 2.07. The Balaban J connectivity index is 1.67. The number of hydrogen-bond donors (Lipinski definition) is 3. The Morgan fingerprint density at radius 2 is 2.05 bits per heavy atom. The minimum atomic E-state index is -0.484. The first-order chi connectivity index (χ1) is 9.81. The summed E-state index contributed by atoms with van der Waals surface area (Å²) in [6.07, 6.45) is 2.74. The van der Waals surface area contributed by atoms with Crippen LogP contribution in [0.2, 0.25) is 0 Å². The number of amides is 2. The molecule has 0 bridgehead atoms. The minimum absolute atomic E-state index is 0.248. The lowest BCUT2D eigenvalue weighted by Gasteiger charge is -2.01. The molecule has 2 heterocycles. The van der Waals surface area contributed by atoms with Crippen LogP contribution in [0.5, 0.6) is 0 Å². The number of hydrogen-bond acceptors (Lipinski definition) is 5. The van der Waals surface area contributed by atoms with E-state index in [0.29, 0.717) is 5.82 Å². The maximum absolute atomic E-state index is 11.6. The van der Waals surface area contributed by atoms with Crippen molar-refractivity contribution in [2.75, 3.05) is 10.6 Å². The predicted octanol–water partition coefficient (Wildman–Crippen LogP) is 1.03. The van der Waals surface area contributed by atoms with Crippen molar-refractivity contribution in [3.8, 4) is 5.69 Å². The Kier molecular flexibility index (Phi) is 3.07. The van der Waals surface area contributed by atoms with Gasteiger partial charge < -0.3 is 0 Å². The number of anilines is 2. The van der Waals surface area contributed by atoms with Crippen molar-refractivity contribution < 1.29 is 4.79 Å². The first-order valence-electron chi connectivity index (χ1n) is 5.72. The molecule has 0 saturated heterocycles. The molecule has 3 N–H and O–H groups in total. The van der Waals surface area contributed by atoms with E-state index in [9.17, 15) is 4.79 Å². The summed E-state index contributed by atoms with van der Waals surface area (Å²) in [5.41, 5.74) is 0.802. The molecule has 0 saturated carbocycles. The van der Waals surface area contributed by atoms with Crippen molar-refractivity contribution in [1.29, 1.82) is 0 Å². The van der Waals surface area contributed by atoms with Gasteiger partial charge in [0.1, 0.15) is 6.33 Å². The zero-order valence-corrected chi connectivity index (χ0v) is 10.2. The van der Waals surface area contributed by atoms with Crippen molar-refractivity contribution in [3.63, 3.8) is 0 Å². The third-order valence-corrected chi connectivity index (χ3v) is 2.37. The summed E-state index contributed by atoms with van der Waals surface area (Å²) in [7, 11) is 0. The molecule has 0 radical (unpaired) electrons. The van der Waals surface area contributed by atoms with E-state index >= 15 is 0 Å². The summed E-state index contributed by atoms with van der Waals surface area (Å²) in [5, 5.41) is 19.3. The second-order valence-corrected chi connectivity index (χ2v) is 3.77. The van der Waals surface area contributed by atoms with Crippen LogP contribution in [0.3, 0.4) is 0 Å². The quantitative estimate of drug-likeness (QED) is 0.657. The molecule has 0 aliphatic heterocycles. The van der Waals surface area contributed by atoms with E-state index in [4.69, 9.17) is 0 Å². The number of nitrogens with one attached hydrogen (secondary N) is 3. The predicted molar refractivity (Wildman–Crippen MR) is 70.4 cm³/mol. The van der Waals surface area contributed by atoms with Crippen LogP contribution in [0, 0.1) is 0 Å². The van der Waals surface area contributed by atoms with Gasteiger partial charge >= 0.3 is 6.03 Å². The average molecular weight is 270 g/mol. The number of aromatic amines is 1. The smallest absolute Gasteiger partial charge is 0.289 e. The molecule has 0 spiro atoms. The van der Waals surface area contributed by atoms with Crippen molar-refractivity contribution >= 4 is 17.8 Å². The molecule has 0 unspecified atom stereocenters. The van der Waals surface area contributed by atoms with Gasteiger partial charge in [0, 0.05) is 0 Å². The van der Waals surface area contributed by atoms with Gasteiger partial charge in [0.05, 0.1) is 11.9 Å². The molecule has 0 atom stereocenters. The fraction of sp³-hybridized carbons (Fsp3) is 0. The van der Waals surface area contributed by atoms with Crippen LogP contribution < -0.4 is 10.6 Å². The number of urea groups is 1. The van der Waals surface area contributed by atoms with E-state index in [0.717, 1.165) is 5.69 Å². The van der Waals surface area contributed by atoms with Crippen LogP contribution in [-0.4, -0.2) is 36.2 Å². The Hall–Kier alpha value is -3.23. The van der Waals surface area contributed by atoms with Crippen molar-refractivity contribution in [3.05, 3.63) is 42.9 Å². The second-order valence-electron chi connectivity index (χ2n) is 3.77. The molecular formula is C11H10N8O. The number of H-pyrrole nitrogens is 1. The zero-order valence-electron chi connectivity index (χ0n) is 10.2. The summed E-state index contributed by atoms with van der Waals surface area (Å²) in [4.78, 5) is 16.8. The van der Waals surface area contributed by atoms with Gasteiger partial charge in [0.25, 0.3) is 0 Å². The van der Waals surface area contributed by atoms with E-state index in [1.165, 1.54) is 17.3 Å². The van der Waals surface area contributed by atoms with Gasteiger partial charge in [-0.15, -0.1) is 9.90 Å². The molecular weight excluding hydrogens is 260 g/mol. The van der Waals surface area contributed by atoms with Crippen molar-refractivity contribution in [2.24, 2.45) is 0 Å². The Morgan fingerprint density at radius 3 is 2.80 bits per heavy atom. The van der Waals surface area contributed by atoms with Crippen LogP contribution in [0.25, 0.3) is 5.69 Å². The fourth-order valence-corrected chi connectivity index (χ4v) is 1.53. The standard InChI is InChI=1S/C11H10N8O/c20-11(16-10-12-7-13-17-10)15-9-6-14-19(18-9)8-4-2-1-3-5-8/h1-7H,(H3,12,13,15,16,17,18,20). The molecule has 1 aromatic carbocycles. The third-order valence-electron chi connectivity index (χ3n) is 2.37. The normalized spacial score (nSPS) is 10.2. The topological polar surface area (TPSA) is 113 Å². The van der Waals surface area contributed by atoms with Gasteiger partial charge in [-0.05, 0) is 12.1 Å². The zero-order chi connectivity index (χ0) is 13.8. The maximum Gasteiger partial charge on any atom is 0.327 e. The average Bonchev–Trinajstić information content (AvgIpc) is 3.11. The van der Waals surface area contributed by atoms with Gasteiger partial charge in [-0.1, -0.05) is 18.2 Å². The molecule has 3 aromatic rings. The van der Waals surface area contributed by atoms with Gasteiger partial charge in [-0.2, -0.15) is 15.2 Å². The van der Waals surface area contributed by atoms with E-state index < -0.39 is 6.03 Å². The summed E-state index contributed by atoms with van der Waals surface area (Å²) < 4.78 is 0. The van der Waals surface area contributed by atoms with Crippen LogP contribution >= 0.6 is 0 Å². The summed E-state index contributed by atoms with van der Waals surface area (Å²) in [5.74, 6) is 0.573. The number of benzene rings is 1. The molecule has 9 heteroatoms. The van der Waals surface area contributed by atoms with Gasteiger partial charge in [0.2, 0.25) is 5.95 Å². The van der Waals surface area contributed by atoms with Gasteiger partial charge in [0.15, 0.2) is 5.82 Å². The molecule has 9 nitrogen and oxygen atoms in total. The summed E-state index contributed by atoms with van der Waals surface area (Å²) in [6, 6.07) is 8.89. The summed E-state index contributed by atoms with van der Waals surface area (Å²) in [6.45, 7) is 0. The molecule has 100 valence electrons. The lowest BCUT2D eigenvalue weighted by atomic mass is 10.3. The van der Waals surface area contributed by atoms with E-state index in [2.05, 4.69) is 36.0 Å².